The molecule has 1 aromatic heterocycles. The van der Waals surface area contributed by atoms with E-state index in [1.165, 1.54) is 0 Å². The molecule has 0 saturated carbocycles. The molecule has 0 spiro atoms. The first kappa shape index (κ1) is 13.6. The monoisotopic (exact) mass is 272 g/mol. The Morgan fingerprint density at radius 2 is 1.89 bits per heavy atom. The Kier molecular flexibility index (Phi) is 3.59. The first-order valence-corrected chi connectivity index (χ1v) is 6.83. The number of aromatic nitrogens is 1. The van der Waals surface area contributed by atoms with E-state index in [0.29, 0.717) is 0 Å². The van der Waals surface area contributed by atoms with E-state index in [1.807, 2.05) is 45.0 Å². The molecule has 2 aromatic rings. The zero-order valence-electron chi connectivity index (χ0n) is 11.5. The van der Waals surface area contributed by atoms with E-state index in [4.69, 9.17) is 4.74 Å². The molecule has 0 bridgehead atoms. The Bertz CT molecular complexity index is 621. The minimum Gasteiger partial charge on any atom is -0.497 e. The maximum atomic E-state index is 9.19. The minimum absolute atomic E-state index is 0.542. The maximum Gasteiger partial charge on any atom is 0.118 e. The molecule has 98 valence electrons. The summed E-state index contributed by atoms with van der Waals surface area (Å²) in [4.78, 5) is 5.76. The van der Waals surface area contributed by atoms with Crippen molar-refractivity contribution < 1.29 is 4.74 Å². The third-order valence-corrected chi connectivity index (χ3v) is 4.27. The summed E-state index contributed by atoms with van der Waals surface area (Å²) < 4.78 is 5.15. The van der Waals surface area contributed by atoms with Crippen LogP contribution < -0.4 is 4.74 Å². The Morgan fingerprint density at radius 1 is 1.26 bits per heavy atom. The zero-order valence-corrected chi connectivity index (χ0v) is 12.3. The quantitative estimate of drug-likeness (QED) is 0.850. The molecule has 0 aliphatic carbocycles. The van der Waals surface area contributed by atoms with E-state index in [0.717, 1.165) is 26.9 Å². The van der Waals surface area contributed by atoms with Gasteiger partial charge in [0.15, 0.2) is 0 Å². The number of hydrogen-bond donors (Lipinski definition) is 0. The van der Waals surface area contributed by atoms with Gasteiger partial charge < -0.3 is 4.74 Å². The van der Waals surface area contributed by atoms with Crippen molar-refractivity contribution in [2.24, 2.45) is 0 Å². The number of methoxy groups -OCH3 is 1. The van der Waals surface area contributed by atoms with E-state index in [9.17, 15) is 5.26 Å². The van der Waals surface area contributed by atoms with Crippen LogP contribution >= 0.6 is 11.3 Å². The fraction of sp³-hybridized carbons (Fsp3) is 0.333. The highest BCUT2D eigenvalue weighted by atomic mass is 32.1. The summed E-state index contributed by atoms with van der Waals surface area (Å²) in [5.41, 5.74) is 1.46. The zero-order chi connectivity index (χ0) is 14.0. The second-order valence-electron chi connectivity index (χ2n) is 4.89. The van der Waals surface area contributed by atoms with Crippen molar-refractivity contribution in [2.75, 3.05) is 7.11 Å². The number of ether oxygens (including phenoxy) is 1. The fourth-order valence-corrected chi connectivity index (χ4v) is 2.72. The fourth-order valence-electron chi connectivity index (χ4n) is 1.73. The van der Waals surface area contributed by atoms with Gasteiger partial charge >= 0.3 is 0 Å². The first-order valence-electron chi connectivity index (χ1n) is 6.01. The molecule has 0 aliphatic heterocycles. The van der Waals surface area contributed by atoms with Gasteiger partial charge in [-0.3, -0.25) is 0 Å². The highest BCUT2D eigenvalue weighted by Crippen LogP contribution is 2.34. The van der Waals surface area contributed by atoms with Crippen molar-refractivity contribution in [2.45, 2.75) is 26.2 Å². The van der Waals surface area contributed by atoms with Crippen LogP contribution in [-0.2, 0) is 5.41 Å². The predicted molar refractivity (Wildman–Crippen MR) is 77.5 cm³/mol. The van der Waals surface area contributed by atoms with Crippen molar-refractivity contribution in [3.63, 3.8) is 0 Å². The number of hydrogen-bond acceptors (Lipinski definition) is 4. The van der Waals surface area contributed by atoms with Gasteiger partial charge in [0.05, 0.1) is 18.9 Å². The van der Waals surface area contributed by atoms with Crippen LogP contribution in [0.25, 0.3) is 11.3 Å². The van der Waals surface area contributed by atoms with Gasteiger partial charge in [0.1, 0.15) is 16.2 Å². The van der Waals surface area contributed by atoms with Crippen LogP contribution in [0.1, 0.15) is 23.7 Å². The summed E-state index contributed by atoms with van der Waals surface area (Å²) in [7, 11) is 1.65. The molecular formula is C15H16N2OS. The molecule has 0 fully saturated rings. The number of rotatable bonds is 3. The van der Waals surface area contributed by atoms with E-state index < -0.39 is 5.41 Å². The Hall–Kier alpha value is -1.86. The molecular weight excluding hydrogens is 256 g/mol. The third kappa shape index (κ3) is 2.61. The third-order valence-electron chi connectivity index (χ3n) is 2.97. The largest absolute Gasteiger partial charge is 0.497 e. The van der Waals surface area contributed by atoms with Crippen LogP contribution in [0.3, 0.4) is 0 Å². The van der Waals surface area contributed by atoms with Crippen LogP contribution in [-0.4, -0.2) is 12.1 Å². The average molecular weight is 272 g/mol. The lowest BCUT2D eigenvalue weighted by atomic mass is 9.97. The molecule has 0 atom stereocenters. The van der Waals surface area contributed by atoms with Crippen molar-refractivity contribution in [3.05, 3.63) is 34.2 Å². The van der Waals surface area contributed by atoms with E-state index >= 15 is 0 Å². The summed E-state index contributed by atoms with van der Waals surface area (Å²) in [6.07, 6.45) is 0. The molecule has 2 rings (SSSR count). The number of benzene rings is 1. The van der Waals surface area contributed by atoms with Gasteiger partial charge in [0.25, 0.3) is 0 Å². The van der Waals surface area contributed by atoms with Gasteiger partial charge in [0, 0.05) is 10.4 Å². The Labute approximate surface area is 117 Å². The van der Waals surface area contributed by atoms with Gasteiger partial charge in [-0.1, -0.05) is 0 Å². The van der Waals surface area contributed by atoms with E-state index in [-0.39, 0.29) is 0 Å². The van der Waals surface area contributed by atoms with Crippen molar-refractivity contribution in [1.29, 1.82) is 5.26 Å². The van der Waals surface area contributed by atoms with Gasteiger partial charge in [-0.25, -0.2) is 4.98 Å². The van der Waals surface area contributed by atoms with Crippen LogP contribution in [0, 0.1) is 18.3 Å². The van der Waals surface area contributed by atoms with Crippen LogP contribution in [0.5, 0.6) is 5.75 Å². The normalized spacial score (nSPS) is 11.1. The van der Waals surface area contributed by atoms with Gasteiger partial charge in [-0.05, 0) is 45.0 Å². The molecule has 4 heteroatoms. The summed E-state index contributed by atoms with van der Waals surface area (Å²) in [5, 5.41) is 10.0. The van der Waals surface area contributed by atoms with E-state index in [1.54, 1.807) is 18.4 Å². The maximum absolute atomic E-state index is 9.19. The molecule has 19 heavy (non-hydrogen) atoms. The van der Waals surface area contributed by atoms with Crippen molar-refractivity contribution >= 4 is 11.3 Å². The standard InChI is InChI=1S/C15H16N2OS/c1-10-13(11-5-7-12(18-4)8-6-11)17-14(19-10)15(2,3)9-16/h5-8H,1-4H3. The summed E-state index contributed by atoms with van der Waals surface area (Å²) >= 11 is 1.59. The molecule has 3 nitrogen and oxygen atoms in total. The number of nitrogens with zero attached hydrogens (tertiary/aromatic N) is 2. The Morgan fingerprint density at radius 3 is 2.42 bits per heavy atom. The molecule has 1 aromatic carbocycles. The molecule has 0 unspecified atom stereocenters. The first-order chi connectivity index (χ1) is 8.97. The summed E-state index contributed by atoms with van der Waals surface area (Å²) in [5.74, 6) is 0.828. The average Bonchev–Trinajstić information content (AvgIpc) is 2.82. The van der Waals surface area contributed by atoms with Gasteiger partial charge in [-0.15, -0.1) is 11.3 Å². The smallest absolute Gasteiger partial charge is 0.118 e. The van der Waals surface area contributed by atoms with Crippen LogP contribution in [0.4, 0.5) is 0 Å². The van der Waals surface area contributed by atoms with Crippen LogP contribution in [0.15, 0.2) is 24.3 Å². The number of aryl methyl sites for hydroxylation is 1. The lowest BCUT2D eigenvalue weighted by Crippen LogP contribution is -2.13. The molecule has 0 radical (unpaired) electrons. The molecule has 1 heterocycles. The Balaban J connectivity index is 2.43. The van der Waals surface area contributed by atoms with Gasteiger partial charge in [-0.2, -0.15) is 5.26 Å². The number of nitriles is 1. The van der Waals surface area contributed by atoms with E-state index in [2.05, 4.69) is 11.1 Å². The summed E-state index contributed by atoms with van der Waals surface area (Å²) in [6, 6.07) is 10.1. The van der Waals surface area contributed by atoms with Crippen molar-refractivity contribution in [1.82, 2.24) is 4.98 Å². The summed E-state index contributed by atoms with van der Waals surface area (Å²) in [6.45, 7) is 5.82. The van der Waals surface area contributed by atoms with Crippen LogP contribution in [0.2, 0.25) is 0 Å². The van der Waals surface area contributed by atoms with Crippen molar-refractivity contribution in [3.8, 4) is 23.1 Å². The lowest BCUT2D eigenvalue weighted by molar-refractivity contribution is 0.415. The second-order valence-corrected chi connectivity index (χ2v) is 6.09. The molecule has 0 aliphatic rings. The SMILES string of the molecule is COc1ccc(-c2nc(C(C)(C)C#N)sc2C)cc1. The number of thiazole rings is 1. The second kappa shape index (κ2) is 5.02. The predicted octanol–water partition coefficient (Wildman–Crippen LogP) is 3.93. The minimum atomic E-state index is -0.542. The lowest BCUT2D eigenvalue weighted by Gasteiger charge is -2.09. The topological polar surface area (TPSA) is 45.9 Å². The molecule has 0 amide bonds. The highest BCUT2D eigenvalue weighted by molar-refractivity contribution is 7.12. The molecule has 0 saturated heterocycles. The van der Waals surface area contributed by atoms with Gasteiger partial charge in [0.2, 0.25) is 0 Å². The highest BCUT2D eigenvalue weighted by Gasteiger charge is 2.25. The molecule has 0 N–H and O–H groups in total.